The van der Waals surface area contributed by atoms with Gasteiger partial charge in [0.25, 0.3) is 0 Å². The van der Waals surface area contributed by atoms with Crippen LogP contribution in [0.3, 0.4) is 0 Å². The van der Waals surface area contributed by atoms with Gasteiger partial charge in [0.15, 0.2) is 0 Å². The Hall–Kier alpha value is -4.62. The summed E-state index contributed by atoms with van der Waals surface area (Å²) in [5.74, 6) is 3.31. The van der Waals surface area contributed by atoms with Gasteiger partial charge in [-0.1, -0.05) is 117 Å². The molecule has 0 radical (unpaired) electrons. The SMILES string of the molecule is CC1(C)c2ccccc2-c2ccc(N(c3ccc4ccccc4c3)c3cccc4c3-c3ccccc3C43C4CCC5CC(C4)CC3C5)cc21. The highest BCUT2D eigenvalue weighted by atomic mass is 15.1. The van der Waals surface area contributed by atoms with Crippen LogP contribution >= 0.6 is 0 Å². The molecule has 12 rings (SSSR count). The molecule has 0 aromatic heterocycles. The normalized spacial score (nSPS) is 26.3. The molecule has 1 spiro atoms. The van der Waals surface area contributed by atoms with Crippen molar-refractivity contribution in [1.82, 2.24) is 0 Å². The van der Waals surface area contributed by atoms with Crippen molar-refractivity contribution in [3.05, 3.63) is 150 Å². The van der Waals surface area contributed by atoms with Crippen LogP contribution in [-0.2, 0) is 10.8 Å². The highest BCUT2D eigenvalue weighted by Gasteiger charge is 2.60. The zero-order valence-electron chi connectivity index (χ0n) is 28.6. The summed E-state index contributed by atoms with van der Waals surface area (Å²) < 4.78 is 0. The lowest BCUT2D eigenvalue weighted by Gasteiger charge is -2.53. The Morgan fingerprint density at radius 1 is 0.490 bits per heavy atom. The number of nitrogens with zero attached hydrogens (tertiary/aromatic N) is 1. The molecule has 5 unspecified atom stereocenters. The number of fused-ring (bicyclic) bond motifs is 8. The zero-order valence-corrected chi connectivity index (χ0v) is 28.6. The molecule has 6 aromatic rings. The van der Waals surface area contributed by atoms with E-state index in [4.69, 9.17) is 0 Å². The van der Waals surface area contributed by atoms with E-state index in [9.17, 15) is 0 Å². The fraction of sp³-hybridized carbons (Fsp3) is 0.292. The van der Waals surface area contributed by atoms with E-state index in [-0.39, 0.29) is 10.8 Å². The van der Waals surface area contributed by atoms with Gasteiger partial charge in [-0.2, -0.15) is 0 Å². The van der Waals surface area contributed by atoms with Crippen molar-refractivity contribution < 1.29 is 0 Å². The molecule has 5 atom stereocenters. The van der Waals surface area contributed by atoms with E-state index in [1.807, 2.05) is 0 Å². The summed E-state index contributed by atoms with van der Waals surface area (Å²) >= 11 is 0. The third-order valence-corrected chi connectivity index (χ3v) is 13.9. The van der Waals surface area contributed by atoms with Gasteiger partial charge >= 0.3 is 0 Å². The standard InChI is InChI=1S/C48H43N/c1-47(2)41-14-7-5-12-38(41)39-23-22-37(29-44(39)47)49(36-21-19-32-10-3-4-11-33(32)28-36)45-17-9-16-43-46(45)40-13-6-8-15-42(40)48(43)34-20-18-30-24-31(26-34)27-35(48)25-30/h3-17,19,21-23,28-31,34-35H,18,20,24-27H2,1-2H3. The summed E-state index contributed by atoms with van der Waals surface area (Å²) in [4.78, 5) is 2.60. The summed E-state index contributed by atoms with van der Waals surface area (Å²) in [6, 6.07) is 49.1. The minimum Gasteiger partial charge on any atom is -0.310 e. The Kier molecular flexibility index (Phi) is 5.75. The van der Waals surface area contributed by atoms with Gasteiger partial charge < -0.3 is 4.90 Å². The summed E-state index contributed by atoms with van der Waals surface area (Å²) in [7, 11) is 0. The Labute approximate surface area is 290 Å². The van der Waals surface area contributed by atoms with Crippen molar-refractivity contribution >= 4 is 27.8 Å². The summed E-state index contributed by atoms with van der Waals surface area (Å²) in [5.41, 5.74) is 15.6. The fourth-order valence-corrected chi connectivity index (χ4v) is 12.1. The van der Waals surface area contributed by atoms with Crippen LogP contribution in [0.15, 0.2) is 127 Å². The van der Waals surface area contributed by atoms with Gasteiger partial charge in [-0.25, -0.2) is 0 Å². The van der Waals surface area contributed by atoms with Crippen molar-refractivity contribution in [2.24, 2.45) is 23.7 Å². The van der Waals surface area contributed by atoms with E-state index < -0.39 is 0 Å². The number of hydrogen-bond donors (Lipinski definition) is 0. The van der Waals surface area contributed by atoms with E-state index in [0.717, 1.165) is 23.7 Å². The van der Waals surface area contributed by atoms with Crippen LogP contribution in [0.2, 0.25) is 0 Å². The summed E-state index contributed by atoms with van der Waals surface area (Å²) in [6.07, 6.45) is 8.49. The van der Waals surface area contributed by atoms with E-state index in [1.165, 1.54) is 99.7 Å². The van der Waals surface area contributed by atoms with Crippen LogP contribution in [0.5, 0.6) is 0 Å². The summed E-state index contributed by atoms with van der Waals surface area (Å²) in [5, 5.41) is 2.56. The van der Waals surface area contributed by atoms with Crippen LogP contribution in [0, 0.1) is 23.7 Å². The highest BCUT2D eigenvalue weighted by Crippen LogP contribution is 2.69. The molecule has 49 heavy (non-hydrogen) atoms. The first-order valence-electron chi connectivity index (χ1n) is 18.8. The molecule has 4 saturated carbocycles. The van der Waals surface area contributed by atoms with E-state index in [0.29, 0.717) is 0 Å². The maximum atomic E-state index is 2.60. The van der Waals surface area contributed by atoms with E-state index >= 15 is 0 Å². The quantitative estimate of drug-likeness (QED) is 0.187. The summed E-state index contributed by atoms with van der Waals surface area (Å²) in [6.45, 7) is 4.80. The lowest BCUT2D eigenvalue weighted by molar-refractivity contribution is 0.0618. The second-order valence-corrected chi connectivity index (χ2v) is 16.5. The van der Waals surface area contributed by atoms with Crippen LogP contribution in [0.4, 0.5) is 17.1 Å². The van der Waals surface area contributed by atoms with Crippen LogP contribution in [0.25, 0.3) is 33.0 Å². The smallest absolute Gasteiger partial charge is 0.0543 e. The second-order valence-electron chi connectivity index (χ2n) is 16.5. The molecule has 0 aliphatic heterocycles. The highest BCUT2D eigenvalue weighted by molar-refractivity contribution is 5.98. The Morgan fingerprint density at radius 2 is 1.16 bits per heavy atom. The molecule has 4 fully saturated rings. The minimum absolute atomic E-state index is 0.0646. The van der Waals surface area contributed by atoms with Crippen molar-refractivity contribution in [3.8, 4) is 22.3 Å². The fourth-order valence-electron chi connectivity index (χ4n) is 12.1. The molecule has 1 nitrogen and oxygen atoms in total. The van der Waals surface area contributed by atoms with Gasteiger partial charge in [0.1, 0.15) is 0 Å². The van der Waals surface area contributed by atoms with Gasteiger partial charge in [-0.15, -0.1) is 0 Å². The molecule has 4 bridgehead atoms. The van der Waals surface area contributed by atoms with E-state index in [1.54, 1.807) is 11.1 Å². The number of benzene rings is 6. The predicted octanol–water partition coefficient (Wildman–Crippen LogP) is 12.7. The Morgan fingerprint density at radius 3 is 2.06 bits per heavy atom. The molecule has 0 amide bonds. The van der Waals surface area contributed by atoms with Gasteiger partial charge in [0.05, 0.1) is 5.69 Å². The van der Waals surface area contributed by atoms with Crippen LogP contribution < -0.4 is 4.90 Å². The van der Waals surface area contributed by atoms with Gasteiger partial charge in [-0.05, 0) is 136 Å². The molecule has 6 aliphatic rings. The average molecular weight is 634 g/mol. The third-order valence-electron chi connectivity index (χ3n) is 13.9. The number of anilines is 3. The second kappa shape index (κ2) is 9.97. The largest absolute Gasteiger partial charge is 0.310 e. The lowest BCUT2D eigenvalue weighted by atomic mass is 9.51. The molecule has 6 aliphatic carbocycles. The molecule has 0 heterocycles. The van der Waals surface area contributed by atoms with Crippen molar-refractivity contribution in [1.29, 1.82) is 0 Å². The maximum Gasteiger partial charge on any atom is 0.0543 e. The molecule has 1 heteroatoms. The number of rotatable bonds is 3. The lowest BCUT2D eigenvalue weighted by Crippen LogP contribution is -2.48. The van der Waals surface area contributed by atoms with Crippen molar-refractivity contribution in [3.63, 3.8) is 0 Å². The monoisotopic (exact) mass is 633 g/mol. The van der Waals surface area contributed by atoms with Gasteiger partial charge in [0.2, 0.25) is 0 Å². The van der Waals surface area contributed by atoms with E-state index in [2.05, 4.69) is 146 Å². The average Bonchev–Trinajstić information content (AvgIpc) is 3.44. The number of hydrogen-bond acceptors (Lipinski definition) is 1. The van der Waals surface area contributed by atoms with Crippen LogP contribution in [-0.4, -0.2) is 0 Å². The minimum atomic E-state index is -0.0646. The maximum absolute atomic E-state index is 2.60. The first kappa shape index (κ1) is 28.2. The van der Waals surface area contributed by atoms with Crippen molar-refractivity contribution in [2.45, 2.75) is 63.2 Å². The topological polar surface area (TPSA) is 3.24 Å². The van der Waals surface area contributed by atoms with Gasteiger partial charge in [0, 0.05) is 27.8 Å². The zero-order chi connectivity index (χ0) is 32.5. The molecular formula is C48H43N. The Bertz CT molecular complexity index is 2320. The molecule has 240 valence electrons. The molecule has 0 N–H and O–H groups in total. The predicted molar refractivity (Wildman–Crippen MR) is 204 cm³/mol. The van der Waals surface area contributed by atoms with Crippen LogP contribution in [0.1, 0.15) is 74.6 Å². The Balaban J connectivity index is 1.18. The first-order valence-corrected chi connectivity index (χ1v) is 18.8. The molecule has 6 aromatic carbocycles. The first-order chi connectivity index (χ1) is 24.0. The van der Waals surface area contributed by atoms with Crippen molar-refractivity contribution in [2.75, 3.05) is 4.90 Å². The molecule has 0 saturated heterocycles. The molecular weight excluding hydrogens is 591 g/mol. The third kappa shape index (κ3) is 3.72. The van der Waals surface area contributed by atoms with Gasteiger partial charge in [-0.3, -0.25) is 0 Å².